The maximum Gasteiger partial charge on any atom is 0.245 e. The molecule has 166 valence electrons. The fourth-order valence-corrected chi connectivity index (χ4v) is 5.58. The molecule has 1 N–H and O–H groups in total. The molecule has 0 radical (unpaired) electrons. The van der Waals surface area contributed by atoms with Crippen molar-refractivity contribution >= 4 is 32.6 Å². The predicted octanol–water partition coefficient (Wildman–Crippen LogP) is 2.26. The zero-order chi connectivity index (χ0) is 22.2. The van der Waals surface area contributed by atoms with Crippen molar-refractivity contribution in [1.29, 1.82) is 0 Å². The van der Waals surface area contributed by atoms with Crippen LogP contribution < -0.4 is 4.72 Å². The van der Waals surface area contributed by atoms with Crippen LogP contribution in [0.25, 0.3) is 10.8 Å². The van der Waals surface area contributed by atoms with Crippen LogP contribution >= 0.6 is 0 Å². The quantitative estimate of drug-likeness (QED) is 0.762. The highest BCUT2D eigenvalue weighted by atomic mass is 32.2. The third-order valence-electron chi connectivity index (χ3n) is 6.11. The van der Waals surface area contributed by atoms with Crippen LogP contribution in [0.15, 0.2) is 41.3 Å². The molecule has 0 aromatic heterocycles. The third-order valence-corrected chi connectivity index (χ3v) is 7.58. The van der Waals surface area contributed by atoms with Crippen molar-refractivity contribution < 1.29 is 22.4 Å². The van der Waals surface area contributed by atoms with E-state index in [1.165, 1.54) is 41.3 Å². The lowest BCUT2D eigenvalue weighted by atomic mass is 10.1. The fourth-order valence-electron chi connectivity index (χ4n) is 4.32. The fraction of sp³-hybridized carbons (Fsp3) is 0.455. The molecule has 2 atom stereocenters. The number of rotatable bonds is 5. The molecule has 2 amide bonds. The molecule has 0 unspecified atom stereocenters. The topological polar surface area (TPSA) is 86.8 Å². The lowest BCUT2D eigenvalue weighted by molar-refractivity contribution is -0.143. The normalized spacial score (nSPS) is 21.0. The van der Waals surface area contributed by atoms with E-state index in [2.05, 4.69) is 4.72 Å². The van der Waals surface area contributed by atoms with Crippen LogP contribution in [-0.4, -0.2) is 61.7 Å². The summed E-state index contributed by atoms with van der Waals surface area (Å²) in [4.78, 5) is 28.9. The van der Waals surface area contributed by atoms with Gasteiger partial charge in [-0.1, -0.05) is 12.1 Å². The molecule has 2 heterocycles. The second-order valence-electron chi connectivity index (χ2n) is 8.21. The Labute approximate surface area is 181 Å². The number of nitrogens with one attached hydrogen (secondary N) is 1. The predicted molar refractivity (Wildman–Crippen MR) is 114 cm³/mol. The summed E-state index contributed by atoms with van der Waals surface area (Å²) >= 11 is 0. The van der Waals surface area contributed by atoms with Gasteiger partial charge in [-0.2, -0.15) is 4.72 Å². The van der Waals surface area contributed by atoms with Crippen molar-refractivity contribution in [2.45, 2.75) is 49.6 Å². The summed E-state index contributed by atoms with van der Waals surface area (Å²) in [7, 11) is -3.95. The number of fused-ring (bicyclic) bond motifs is 1. The zero-order valence-electron chi connectivity index (χ0n) is 17.4. The minimum Gasteiger partial charge on any atom is -0.341 e. The molecule has 2 aromatic rings. The zero-order valence-corrected chi connectivity index (χ0v) is 18.2. The molecule has 0 bridgehead atoms. The minimum atomic E-state index is -3.95. The molecule has 9 heteroatoms. The Hall–Kier alpha value is -2.52. The molecule has 2 saturated heterocycles. The van der Waals surface area contributed by atoms with E-state index in [0.29, 0.717) is 36.8 Å². The van der Waals surface area contributed by atoms with Gasteiger partial charge in [-0.15, -0.1) is 0 Å². The van der Waals surface area contributed by atoms with Gasteiger partial charge in [-0.3, -0.25) is 9.59 Å². The highest BCUT2D eigenvalue weighted by Crippen LogP contribution is 2.23. The van der Waals surface area contributed by atoms with Crippen LogP contribution in [0.5, 0.6) is 0 Å². The van der Waals surface area contributed by atoms with Crippen molar-refractivity contribution in [2.75, 3.05) is 19.6 Å². The van der Waals surface area contributed by atoms with Gasteiger partial charge in [-0.25, -0.2) is 12.8 Å². The average molecular weight is 448 g/mol. The first-order chi connectivity index (χ1) is 14.8. The Balaban J connectivity index is 1.46. The molecular formula is C22H26FN3O4S. The number of nitrogens with zero attached hydrogens (tertiary/aromatic N) is 2. The molecule has 7 nitrogen and oxygen atoms in total. The van der Waals surface area contributed by atoms with Gasteiger partial charge in [0.05, 0.1) is 4.90 Å². The van der Waals surface area contributed by atoms with E-state index in [1.807, 2.05) is 0 Å². The van der Waals surface area contributed by atoms with Gasteiger partial charge in [0.1, 0.15) is 17.9 Å². The Morgan fingerprint density at radius 2 is 1.74 bits per heavy atom. The van der Waals surface area contributed by atoms with E-state index >= 15 is 0 Å². The molecule has 2 aliphatic rings. The first kappa shape index (κ1) is 21.7. The van der Waals surface area contributed by atoms with Gasteiger partial charge < -0.3 is 9.80 Å². The standard InChI is InChI=1S/C22H26FN3O4S/c1-15(21(27)25-10-3-2-4-11-25)26-12-9-20(22(26)28)24-31(29,30)19-8-6-16-13-18(23)7-5-17(16)14-19/h5-8,13-15,20,24H,2-4,9-12H2,1H3/t15-,20-/m0/s1. The van der Waals surface area contributed by atoms with Crippen LogP contribution in [0.1, 0.15) is 32.6 Å². The molecule has 0 saturated carbocycles. The van der Waals surface area contributed by atoms with Gasteiger partial charge in [0.25, 0.3) is 0 Å². The van der Waals surface area contributed by atoms with Crippen molar-refractivity contribution in [2.24, 2.45) is 0 Å². The van der Waals surface area contributed by atoms with Crippen LogP contribution in [0.3, 0.4) is 0 Å². The number of hydrogen-bond donors (Lipinski definition) is 1. The lowest BCUT2D eigenvalue weighted by Gasteiger charge is -2.32. The molecule has 2 aromatic carbocycles. The lowest BCUT2D eigenvalue weighted by Crippen LogP contribution is -2.51. The van der Waals surface area contributed by atoms with Gasteiger partial charge in [-0.05, 0) is 67.6 Å². The number of likely N-dealkylation sites (tertiary alicyclic amines) is 2. The first-order valence-electron chi connectivity index (χ1n) is 10.6. The van der Waals surface area contributed by atoms with Crippen LogP contribution in [0.4, 0.5) is 4.39 Å². The summed E-state index contributed by atoms with van der Waals surface area (Å²) in [5.41, 5.74) is 0. The number of carbonyl (C=O) groups is 2. The van der Waals surface area contributed by atoms with E-state index in [0.717, 1.165) is 19.3 Å². The number of piperidine rings is 1. The monoisotopic (exact) mass is 447 g/mol. The van der Waals surface area contributed by atoms with E-state index in [1.54, 1.807) is 11.8 Å². The number of sulfonamides is 1. The molecule has 31 heavy (non-hydrogen) atoms. The minimum absolute atomic E-state index is 0.00954. The van der Waals surface area contributed by atoms with E-state index in [9.17, 15) is 22.4 Å². The number of hydrogen-bond acceptors (Lipinski definition) is 4. The summed E-state index contributed by atoms with van der Waals surface area (Å²) < 4.78 is 41.6. The average Bonchev–Trinajstić information content (AvgIpc) is 3.12. The first-order valence-corrected chi connectivity index (χ1v) is 12.1. The summed E-state index contributed by atoms with van der Waals surface area (Å²) in [5, 5.41) is 1.18. The molecule has 2 aliphatic heterocycles. The molecule has 4 rings (SSSR count). The summed E-state index contributed by atoms with van der Waals surface area (Å²) in [6, 6.07) is 6.97. The SMILES string of the molecule is C[C@@H](C(=O)N1CCCCC1)N1CC[C@H](NS(=O)(=O)c2ccc3cc(F)ccc3c2)C1=O. The number of halogens is 1. The molecule has 0 spiro atoms. The van der Waals surface area contributed by atoms with E-state index in [-0.39, 0.29) is 16.7 Å². The van der Waals surface area contributed by atoms with E-state index < -0.39 is 27.9 Å². The highest BCUT2D eigenvalue weighted by molar-refractivity contribution is 7.89. The number of amides is 2. The Morgan fingerprint density at radius 3 is 2.48 bits per heavy atom. The van der Waals surface area contributed by atoms with Crippen molar-refractivity contribution in [3.63, 3.8) is 0 Å². The highest BCUT2D eigenvalue weighted by Gasteiger charge is 2.40. The largest absolute Gasteiger partial charge is 0.341 e. The Kier molecular flexibility index (Phi) is 5.98. The second-order valence-corrected chi connectivity index (χ2v) is 9.92. The second kappa shape index (κ2) is 8.55. The molecular weight excluding hydrogens is 421 g/mol. The molecule has 0 aliphatic carbocycles. The third kappa shape index (κ3) is 4.43. The van der Waals surface area contributed by atoms with Crippen molar-refractivity contribution in [3.05, 3.63) is 42.2 Å². The van der Waals surface area contributed by atoms with Crippen LogP contribution in [0, 0.1) is 5.82 Å². The Morgan fingerprint density at radius 1 is 1.06 bits per heavy atom. The summed E-state index contributed by atoms with van der Waals surface area (Å²) in [6.07, 6.45) is 3.34. The maximum atomic E-state index is 13.4. The smallest absolute Gasteiger partial charge is 0.245 e. The van der Waals surface area contributed by atoms with Gasteiger partial charge in [0.2, 0.25) is 21.8 Å². The van der Waals surface area contributed by atoms with Crippen LogP contribution in [-0.2, 0) is 19.6 Å². The van der Waals surface area contributed by atoms with Gasteiger partial charge >= 0.3 is 0 Å². The molecule has 2 fully saturated rings. The van der Waals surface area contributed by atoms with Gasteiger partial charge in [0, 0.05) is 19.6 Å². The Bertz CT molecular complexity index is 1110. The van der Waals surface area contributed by atoms with Crippen molar-refractivity contribution in [1.82, 2.24) is 14.5 Å². The van der Waals surface area contributed by atoms with Crippen LogP contribution in [0.2, 0.25) is 0 Å². The van der Waals surface area contributed by atoms with Crippen molar-refractivity contribution in [3.8, 4) is 0 Å². The van der Waals surface area contributed by atoms with E-state index in [4.69, 9.17) is 0 Å². The summed E-state index contributed by atoms with van der Waals surface area (Å²) in [5.74, 6) is -0.867. The number of carbonyl (C=O) groups excluding carboxylic acids is 2. The maximum absolute atomic E-state index is 13.4. The number of benzene rings is 2. The summed E-state index contributed by atoms with van der Waals surface area (Å²) in [6.45, 7) is 3.43. The van der Waals surface area contributed by atoms with Gasteiger partial charge in [0.15, 0.2) is 0 Å².